The molecular formula is C12H17FN2. The molecule has 1 aromatic rings. The van der Waals surface area contributed by atoms with Gasteiger partial charge < -0.3 is 10.6 Å². The van der Waals surface area contributed by atoms with E-state index in [1.165, 1.54) is 0 Å². The molecule has 0 amide bonds. The third kappa shape index (κ3) is 2.12. The minimum Gasteiger partial charge on any atom is -0.369 e. The van der Waals surface area contributed by atoms with Crippen LogP contribution in [-0.2, 0) is 0 Å². The Morgan fingerprint density at radius 2 is 2.00 bits per heavy atom. The number of rotatable bonds is 2. The molecule has 1 heterocycles. The number of nitrogens with two attached hydrogens (primary N) is 1. The van der Waals surface area contributed by atoms with Crippen molar-refractivity contribution in [3.8, 4) is 0 Å². The maximum atomic E-state index is 13.8. The fraction of sp³-hybridized carbons (Fsp3) is 0.500. The number of benzene rings is 1. The molecule has 2 nitrogen and oxygen atoms in total. The second kappa shape index (κ2) is 4.19. The van der Waals surface area contributed by atoms with Crippen LogP contribution in [-0.4, -0.2) is 13.1 Å². The number of hydrogen-bond acceptors (Lipinski definition) is 2. The average Bonchev–Trinajstić information content (AvgIpc) is 2.70. The lowest BCUT2D eigenvalue weighted by Crippen LogP contribution is -2.19. The van der Waals surface area contributed by atoms with E-state index in [2.05, 4.69) is 4.90 Å². The van der Waals surface area contributed by atoms with Gasteiger partial charge in [-0.25, -0.2) is 4.39 Å². The van der Waals surface area contributed by atoms with Crippen LogP contribution in [0, 0.1) is 5.82 Å². The van der Waals surface area contributed by atoms with Gasteiger partial charge in [-0.2, -0.15) is 0 Å². The van der Waals surface area contributed by atoms with Crippen molar-refractivity contribution in [1.82, 2.24) is 0 Å². The molecule has 0 aliphatic carbocycles. The maximum Gasteiger partial charge on any atom is 0.146 e. The lowest BCUT2D eigenvalue weighted by molar-refractivity contribution is 0.618. The topological polar surface area (TPSA) is 29.3 Å². The molecule has 0 aromatic heterocycles. The first kappa shape index (κ1) is 10.4. The monoisotopic (exact) mass is 208 g/mol. The fourth-order valence-electron chi connectivity index (χ4n) is 2.02. The molecule has 0 spiro atoms. The van der Waals surface area contributed by atoms with Gasteiger partial charge >= 0.3 is 0 Å². The number of nitrogens with zero attached hydrogens (tertiary/aromatic N) is 1. The van der Waals surface area contributed by atoms with Gasteiger partial charge in [-0.3, -0.25) is 0 Å². The summed E-state index contributed by atoms with van der Waals surface area (Å²) >= 11 is 0. The summed E-state index contributed by atoms with van der Waals surface area (Å²) in [6, 6.07) is 5.21. The van der Waals surface area contributed by atoms with E-state index in [0.29, 0.717) is 0 Å². The van der Waals surface area contributed by atoms with Crippen LogP contribution in [0.1, 0.15) is 31.4 Å². The molecule has 1 aliphatic rings. The highest BCUT2D eigenvalue weighted by molar-refractivity contribution is 5.50. The highest BCUT2D eigenvalue weighted by Crippen LogP contribution is 2.25. The molecular weight excluding hydrogens is 191 g/mol. The fourth-order valence-corrected chi connectivity index (χ4v) is 2.02. The van der Waals surface area contributed by atoms with E-state index in [0.717, 1.165) is 37.2 Å². The molecule has 2 N–H and O–H groups in total. The number of halogens is 1. The van der Waals surface area contributed by atoms with Crippen molar-refractivity contribution in [3.63, 3.8) is 0 Å². The van der Waals surface area contributed by atoms with Crippen molar-refractivity contribution in [2.24, 2.45) is 5.73 Å². The Morgan fingerprint density at radius 1 is 1.33 bits per heavy atom. The molecule has 2 rings (SSSR count). The van der Waals surface area contributed by atoms with E-state index in [4.69, 9.17) is 5.73 Å². The average molecular weight is 208 g/mol. The lowest BCUT2D eigenvalue weighted by Gasteiger charge is -2.19. The highest BCUT2D eigenvalue weighted by Gasteiger charge is 2.16. The van der Waals surface area contributed by atoms with Crippen LogP contribution in [0.2, 0.25) is 0 Å². The van der Waals surface area contributed by atoms with E-state index in [9.17, 15) is 4.39 Å². The van der Waals surface area contributed by atoms with E-state index in [1.807, 2.05) is 19.1 Å². The van der Waals surface area contributed by atoms with Crippen LogP contribution in [0.25, 0.3) is 0 Å². The molecule has 0 saturated carbocycles. The van der Waals surface area contributed by atoms with Gasteiger partial charge in [-0.05, 0) is 37.5 Å². The summed E-state index contributed by atoms with van der Waals surface area (Å²) in [5, 5.41) is 0. The summed E-state index contributed by atoms with van der Waals surface area (Å²) in [4.78, 5) is 2.10. The molecule has 3 heteroatoms. The van der Waals surface area contributed by atoms with Gasteiger partial charge in [0.05, 0.1) is 5.69 Å². The lowest BCUT2D eigenvalue weighted by atomic mass is 10.1. The second-order valence-corrected chi connectivity index (χ2v) is 4.19. The minimum absolute atomic E-state index is 0.105. The zero-order valence-corrected chi connectivity index (χ0v) is 9.04. The molecule has 15 heavy (non-hydrogen) atoms. The van der Waals surface area contributed by atoms with Gasteiger partial charge in [0, 0.05) is 19.1 Å². The Labute approximate surface area is 89.9 Å². The highest BCUT2D eigenvalue weighted by atomic mass is 19.1. The van der Waals surface area contributed by atoms with Gasteiger partial charge in [0.2, 0.25) is 0 Å². The SMILES string of the molecule is C[C@@H](N)c1ccc(N2CCCC2)c(F)c1. The van der Waals surface area contributed by atoms with Crippen LogP contribution < -0.4 is 10.6 Å². The van der Waals surface area contributed by atoms with Gasteiger partial charge in [0.25, 0.3) is 0 Å². The molecule has 82 valence electrons. The van der Waals surface area contributed by atoms with Crippen LogP contribution in [0.15, 0.2) is 18.2 Å². The Morgan fingerprint density at radius 3 is 2.53 bits per heavy atom. The van der Waals surface area contributed by atoms with Gasteiger partial charge in [-0.1, -0.05) is 6.07 Å². The van der Waals surface area contributed by atoms with Crippen LogP contribution in [0.3, 0.4) is 0 Å². The molecule has 0 unspecified atom stereocenters. The summed E-state index contributed by atoms with van der Waals surface area (Å²) < 4.78 is 13.8. The van der Waals surface area contributed by atoms with Crippen molar-refractivity contribution >= 4 is 5.69 Å². The standard InChI is InChI=1S/C12H17FN2/c1-9(14)10-4-5-12(11(13)8-10)15-6-2-3-7-15/h4-5,8-9H,2-3,6-7,14H2,1H3/t9-/m1/s1. The van der Waals surface area contributed by atoms with E-state index >= 15 is 0 Å². The first-order valence-corrected chi connectivity index (χ1v) is 5.48. The molecule has 1 aromatic carbocycles. The third-order valence-corrected chi connectivity index (χ3v) is 2.94. The smallest absolute Gasteiger partial charge is 0.146 e. The third-order valence-electron chi connectivity index (χ3n) is 2.94. The van der Waals surface area contributed by atoms with Crippen LogP contribution in [0.5, 0.6) is 0 Å². The van der Waals surface area contributed by atoms with Crippen molar-refractivity contribution in [2.75, 3.05) is 18.0 Å². The van der Waals surface area contributed by atoms with Gasteiger partial charge in [0.1, 0.15) is 5.82 Å². The van der Waals surface area contributed by atoms with Crippen molar-refractivity contribution < 1.29 is 4.39 Å². The van der Waals surface area contributed by atoms with E-state index in [1.54, 1.807) is 6.07 Å². The van der Waals surface area contributed by atoms with E-state index in [-0.39, 0.29) is 11.9 Å². The summed E-state index contributed by atoms with van der Waals surface area (Å²) in [6.45, 7) is 3.80. The zero-order chi connectivity index (χ0) is 10.8. The summed E-state index contributed by atoms with van der Waals surface area (Å²) in [7, 11) is 0. The Balaban J connectivity index is 2.25. The summed E-state index contributed by atoms with van der Waals surface area (Å²) in [5.41, 5.74) is 7.28. The van der Waals surface area contributed by atoms with Gasteiger partial charge in [0.15, 0.2) is 0 Å². The Bertz CT molecular complexity index is 343. The van der Waals surface area contributed by atoms with E-state index < -0.39 is 0 Å². The van der Waals surface area contributed by atoms with Crippen molar-refractivity contribution in [2.45, 2.75) is 25.8 Å². The first-order chi connectivity index (χ1) is 7.18. The summed E-state index contributed by atoms with van der Waals surface area (Å²) in [6.07, 6.45) is 2.32. The molecule has 0 bridgehead atoms. The zero-order valence-electron chi connectivity index (χ0n) is 9.04. The Kier molecular flexibility index (Phi) is 2.91. The first-order valence-electron chi connectivity index (χ1n) is 5.48. The second-order valence-electron chi connectivity index (χ2n) is 4.19. The molecule has 1 aliphatic heterocycles. The predicted molar refractivity (Wildman–Crippen MR) is 60.4 cm³/mol. The molecule has 1 saturated heterocycles. The largest absolute Gasteiger partial charge is 0.369 e. The summed E-state index contributed by atoms with van der Waals surface area (Å²) in [5.74, 6) is -0.147. The normalized spacial score (nSPS) is 18.2. The number of hydrogen-bond donors (Lipinski definition) is 1. The molecule has 1 fully saturated rings. The van der Waals surface area contributed by atoms with Crippen molar-refractivity contribution in [1.29, 1.82) is 0 Å². The maximum absolute atomic E-state index is 13.8. The molecule has 1 atom stereocenters. The van der Waals surface area contributed by atoms with Crippen LogP contribution in [0.4, 0.5) is 10.1 Å². The minimum atomic E-state index is -0.147. The van der Waals surface area contributed by atoms with Gasteiger partial charge in [-0.15, -0.1) is 0 Å². The Hall–Kier alpha value is -1.09. The molecule has 0 radical (unpaired) electrons. The quantitative estimate of drug-likeness (QED) is 0.808. The number of anilines is 1. The van der Waals surface area contributed by atoms with Crippen molar-refractivity contribution in [3.05, 3.63) is 29.6 Å². The predicted octanol–water partition coefficient (Wildman–Crippen LogP) is 2.45. The van der Waals surface area contributed by atoms with Crippen LogP contribution >= 0.6 is 0 Å².